The zero-order chi connectivity index (χ0) is 22.2. The molecule has 2 amide bonds. The van der Waals surface area contributed by atoms with Crippen LogP contribution in [0.1, 0.15) is 56.8 Å². The predicted octanol–water partition coefficient (Wildman–Crippen LogP) is 3.03. The van der Waals surface area contributed by atoms with E-state index in [0.717, 1.165) is 38.9 Å². The van der Waals surface area contributed by atoms with E-state index in [9.17, 15) is 9.59 Å². The Balaban J connectivity index is 1.54. The average Bonchev–Trinajstić information content (AvgIpc) is 2.78. The third kappa shape index (κ3) is 6.12. The fraction of sp³-hybridized carbons (Fsp3) is 0.667. The number of benzene rings is 1. The lowest BCUT2D eigenvalue weighted by atomic mass is 10.0. The highest BCUT2D eigenvalue weighted by Gasteiger charge is 2.28. The van der Waals surface area contributed by atoms with Gasteiger partial charge in [-0.15, -0.1) is 0 Å². The van der Waals surface area contributed by atoms with Gasteiger partial charge >= 0.3 is 0 Å². The van der Waals surface area contributed by atoms with E-state index in [4.69, 9.17) is 9.47 Å². The largest absolute Gasteiger partial charge is 0.490 e. The van der Waals surface area contributed by atoms with E-state index >= 15 is 0 Å². The Bertz CT molecular complexity index is 746. The van der Waals surface area contributed by atoms with Crippen molar-refractivity contribution in [3.8, 4) is 11.5 Å². The number of piperazine rings is 1. The molecule has 2 aliphatic rings. The molecular formula is C24H37N3O4. The molecule has 0 saturated carbocycles. The van der Waals surface area contributed by atoms with E-state index < -0.39 is 0 Å². The first-order valence-corrected chi connectivity index (χ1v) is 11.7. The molecule has 2 fully saturated rings. The number of piperidine rings is 1. The molecule has 172 valence electrons. The summed E-state index contributed by atoms with van der Waals surface area (Å²) in [7, 11) is 0. The Labute approximate surface area is 186 Å². The molecule has 0 bridgehead atoms. The van der Waals surface area contributed by atoms with Crippen LogP contribution < -0.4 is 9.47 Å². The van der Waals surface area contributed by atoms with Crippen LogP contribution in [0.2, 0.25) is 0 Å². The molecule has 0 aliphatic carbocycles. The smallest absolute Gasteiger partial charge is 0.254 e. The molecule has 1 aromatic carbocycles. The van der Waals surface area contributed by atoms with Crippen molar-refractivity contribution in [1.29, 1.82) is 0 Å². The summed E-state index contributed by atoms with van der Waals surface area (Å²) in [5.74, 6) is 1.51. The van der Waals surface area contributed by atoms with Gasteiger partial charge in [0.25, 0.3) is 5.91 Å². The Kier molecular flexibility index (Phi) is 8.58. The van der Waals surface area contributed by atoms with Gasteiger partial charge in [0.1, 0.15) is 0 Å². The summed E-state index contributed by atoms with van der Waals surface area (Å²) in [6.07, 6.45) is 4.32. The van der Waals surface area contributed by atoms with Crippen LogP contribution >= 0.6 is 0 Å². The first-order valence-electron chi connectivity index (χ1n) is 11.7. The second kappa shape index (κ2) is 11.4. The Morgan fingerprint density at radius 2 is 1.77 bits per heavy atom. The average molecular weight is 432 g/mol. The van der Waals surface area contributed by atoms with Gasteiger partial charge in [0.05, 0.1) is 19.8 Å². The van der Waals surface area contributed by atoms with E-state index in [-0.39, 0.29) is 11.8 Å². The van der Waals surface area contributed by atoms with Crippen molar-refractivity contribution in [2.75, 3.05) is 52.5 Å². The summed E-state index contributed by atoms with van der Waals surface area (Å²) < 4.78 is 11.4. The molecule has 0 aromatic heterocycles. The molecule has 3 rings (SSSR count). The highest BCUT2D eigenvalue weighted by atomic mass is 16.5. The monoisotopic (exact) mass is 431 g/mol. The molecule has 2 heterocycles. The lowest BCUT2D eigenvalue weighted by molar-refractivity contribution is -0.136. The van der Waals surface area contributed by atoms with Crippen molar-refractivity contribution in [1.82, 2.24) is 14.7 Å². The van der Waals surface area contributed by atoms with E-state index in [1.54, 1.807) is 6.07 Å². The van der Waals surface area contributed by atoms with Crippen LogP contribution in [0, 0.1) is 0 Å². The minimum absolute atomic E-state index is 0.00127. The molecule has 2 saturated heterocycles. The van der Waals surface area contributed by atoms with Gasteiger partial charge in [-0.3, -0.25) is 14.5 Å². The van der Waals surface area contributed by atoms with Crippen LogP contribution in [-0.2, 0) is 4.79 Å². The molecule has 0 spiro atoms. The van der Waals surface area contributed by atoms with Gasteiger partial charge in [-0.2, -0.15) is 0 Å². The number of carbonyl (C=O) groups excluding carboxylic acids is 2. The maximum Gasteiger partial charge on any atom is 0.254 e. The van der Waals surface area contributed by atoms with Crippen LogP contribution in [0.3, 0.4) is 0 Å². The van der Waals surface area contributed by atoms with Gasteiger partial charge in [-0.25, -0.2) is 0 Å². The second-order valence-electron chi connectivity index (χ2n) is 8.44. The first kappa shape index (κ1) is 23.4. The topological polar surface area (TPSA) is 62.3 Å². The van der Waals surface area contributed by atoms with Gasteiger partial charge < -0.3 is 19.3 Å². The Morgan fingerprint density at radius 3 is 2.45 bits per heavy atom. The van der Waals surface area contributed by atoms with E-state index in [2.05, 4.69) is 18.7 Å². The Morgan fingerprint density at radius 1 is 1.00 bits per heavy atom. The van der Waals surface area contributed by atoms with Crippen LogP contribution in [0.4, 0.5) is 0 Å². The molecule has 31 heavy (non-hydrogen) atoms. The highest BCUT2D eigenvalue weighted by Crippen LogP contribution is 2.29. The maximum atomic E-state index is 13.0. The van der Waals surface area contributed by atoms with E-state index in [1.807, 2.05) is 28.9 Å². The number of hydrogen-bond acceptors (Lipinski definition) is 5. The SMILES string of the molecule is CCCOc1ccc(C(=O)N2CCN(CC(=O)N3CCCCC3C)CC2)cc1OCC. The highest BCUT2D eigenvalue weighted by molar-refractivity contribution is 5.95. The summed E-state index contributed by atoms with van der Waals surface area (Å²) >= 11 is 0. The molecule has 7 nitrogen and oxygen atoms in total. The molecule has 1 unspecified atom stereocenters. The quantitative estimate of drug-likeness (QED) is 0.633. The van der Waals surface area contributed by atoms with Crippen LogP contribution in [-0.4, -0.2) is 85.0 Å². The zero-order valence-electron chi connectivity index (χ0n) is 19.3. The minimum Gasteiger partial charge on any atom is -0.490 e. The molecule has 2 aliphatic heterocycles. The standard InChI is InChI=1S/C24H37N3O4/c1-4-16-31-21-10-9-20(17-22(21)30-5-2)24(29)26-14-12-25(13-15-26)18-23(28)27-11-7-6-8-19(27)3/h9-10,17,19H,4-8,11-16,18H2,1-3H3. The van der Waals surface area contributed by atoms with Gasteiger partial charge in [0.15, 0.2) is 11.5 Å². The van der Waals surface area contributed by atoms with Crippen LogP contribution in [0.25, 0.3) is 0 Å². The number of rotatable bonds is 8. The fourth-order valence-corrected chi connectivity index (χ4v) is 4.28. The summed E-state index contributed by atoms with van der Waals surface area (Å²) in [5, 5.41) is 0. The van der Waals surface area contributed by atoms with Crippen molar-refractivity contribution in [3.63, 3.8) is 0 Å². The third-order valence-electron chi connectivity index (χ3n) is 6.09. The Hall–Kier alpha value is -2.28. The summed E-state index contributed by atoms with van der Waals surface area (Å²) in [6, 6.07) is 5.75. The van der Waals surface area contributed by atoms with Crippen molar-refractivity contribution >= 4 is 11.8 Å². The normalized spacial score (nSPS) is 19.9. The molecule has 0 radical (unpaired) electrons. The second-order valence-corrected chi connectivity index (χ2v) is 8.44. The van der Waals surface area contributed by atoms with E-state index in [1.165, 1.54) is 6.42 Å². The number of likely N-dealkylation sites (tertiary alicyclic amines) is 1. The number of amides is 2. The maximum absolute atomic E-state index is 13.0. The molecular weight excluding hydrogens is 394 g/mol. The van der Waals surface area contributed by atoms with Gasteiger partial charge in [0.2, 0.25) is 5.91 Å². The lowest BCUT2D eigenvalue weighted by Crippen LogP contribution is -2.53. The summed E-state index contributed by atoms with van der Waals surface area (Å²) in [4.78, 5) is 31.8. The van der Waals surface area contributed by atoms with Gasteiger partial charge in [0, 0.05) is 44.3 Å². The van der Waals surface area contributed by atoms with Crippen molar-refractivity contribution in [2.24, 2.45) is 0 Å². The number of ether oxygens (including phenoxy) is 2. The molecule has 1 aromatic rings. The van der Waals surface area contributed by atoms with Crippen molar-refractivity contribution < 1.29 is 19.1 Å². The molecule has 7 heteroatoms. The van der Waals surface area contributed by atoms with Crippen molar-refractivity contribution in [2.45, 2.75) is 52.5 Å². The number of carbonyl (C=O) groups is 2. The van der Waals surface area contributed by atoms with Crippen LogP contribution in [0.5, 0.6) is 11.5 Å². The molecule has 1 atom stereocenters. The summed E-state index contributed by atoms with van der Waals surface area (Å²) in [5.41, 5.74) is 0.610. The van der Waals surface area contributed by atoms with Gasteiger partial charge in [-0.05, 0) is 57.7 Å². The summed E-state index contributed by atoms with van der Waals surface area (Å²) in [6.45, 7) is 11.3. The first-order chi connectivity index (χ1) is 15.0. The third-order valence-corrected chi connectivity index (χ3v) is 6.09. The predicted molar refractivity (Wildman–Crippen MR) is 121 cm³/mol. The number of nitrogens with zero attached hydrogens (tertiary/aromatic N) is 3. The lowest BCUT2D eigenvalue weighted by Gasteiger charge is -2.38. The zero-order valence-corrected chi connectivity index (χ0v) is 19.3. The van der Waals surface area contributed by atoms with Crippen molar-refractivity contribution in [3.05, 3.63) is 23.8 Å². The van der Waals surface area contributed by atoms with E-state index in [0.29, 0.717) is 56.0 Å². The van der Waals surface area contributed by atoms with Crippen LogP contribution in [0.15, 0.2) is 18.2 Å². The fourth-order valence-electron chi connectivity index (χ4n) is 4.28. The number of hydrogen-bond donors (Lipinski definition) is 0. The molecule has 0 N–H and O–H groups in total. The minimum atomic E-state index is -0.00127. The van der Waals surface area contributed by atoms with Gasteiger partial charge in [-0.1, -0.05) is 6.92 Å².